The molecule has 7 nitrogen and oxygen atoms in total. The maximum Gasteiger partial charge on any atom is 0.336 e. The van der Waals surface area contributed by atoms with Gasteiger partial charge in [-0.1, -0.05) is 6.07 Å². The molecule has 7 heteroatoms. The van der Waals surface area contributed by atoms with Gasteiger partial charge in [-0.05, 0) is 42.8 Å². The van der Waals surface area contributed by atoms with Gasteiger partial charge in [0.2, 0.25) is 0 Å². The molecule has 0 aliphatic heterocycles. The van der Waals surface area contributed by atoms with Gasteiger partial charge in [0.1, 0.15) is 5.75 Å². The average Bonchev–Trinajstić information content (AvgIpc) is 2.54. The van der Waals surface area contributed by atoms with Crippen molar-refractivity contribution in [3.05, 3.63) is 64.0 Å². The Labute approximate surface area is 135 Å². The summed E-state index contributed by atoms with van der Waals surface area (Å²) in [7, 11) is 0. The highest BCUT2D eigenvalue weighted by Crippen LogP contribution is 2.36. The lowest BCUT2D eigenvalue weighted by atomic mass is 10.1. The second-order valence-electron chi connectivity index (χ2n) is 5.11. The molecule has 0 amide bonds. The van der Waals surface area contributed by atoms with Crippen LogP contribution in [-0.4, -0.2) is 16.2 Å². The number of carboxylic acids is 1. The van der Waals surface area contributed by atoms with Crippen molar-refractivity contribution in [1.82, 2.24) is 0 Å². The van der Waals surface area contributed by atoms with Gasteiger partial charge < -0.3 is 14.6 Å². The first-order valence-electron chi connectivity index (χ1n) is 6.97. The molecule has 2 N–H and O–H groups in total. The summed E-state index contributed by atoms with van der Waals surface area (Å²) in [5.74, 6) is -1.28. The average molecular weight is 324 g/mol. The molecule has 0 unspecified atom stereocenters. The van der Waals surface area contributed by atoms with Crippen LogP contribution in [0.5, 0.6) is 5.75 Å². The van der Waals surface area contributed by atoms with E-state index in [1.807, 2.05) is 0 Å². The van der Waals surface area contributed by atoms with E-state index in [0.29, 0.717) is 16.6 Å². The molecule has 3 aromatic rings. The number of aromatic carboxylic acids is 1. The molecular formula is C17H12N2O5. The highest BCUT2D eigenvalue weighted by Gasteiger charge is 2.12. The second-order valence-corrected chi connectivity index (χ2v) is 5.11. The van der Waals surface area contributed by atoms with Crippen molar-refractivity contribution in [3.8, 4) is 5.75 Å². The minimum atomic E-state index is -1.08. The Kier molecular flexibility index (Phi) is 3.83. The van der Waals surface area contributed by atoms with Gasteiger partial charge in [0, 0.05) is 11.5 Å². The van der Waals surface area contributed by atoms with Crippen LogP contribution >= 0.6 is 0 Å². The minimum absolute atomic E-state index is 0.00836. The fourth-order valence-electron chi connectivity index (χ4n) is 2.26. The third kappa shape index (κ3) is 2.87. The number of aryl methyl sites for hydroxylation is 1. The zero-order chi connectivity index (χ0) is 17.3. The summed E-state index contributed by atoms with van der Waals surface area (Å²) < 4.78 is 5.14. The van der Waals surface area contributed by atoms with Crippen molar-refractivity contribution in [2.24, 2.45) is 10.2 Å². The molecule has 0 fully saturated rings. The van der Waals surface area contributed by atoms with E-state index in [0.717, 1.165) is 0 Å². The first-order valence-corrected chi connectivity index (χ1v) is 6.97. The number of fused-ring (bicyclic) bond motifs is 1. The number of phenols is 1. The van der Waals surface area contributed by atoms with Crippen molar-refractivity contribution in [3.63, 3.8) is 0 Å². The normalized spacial score (nSPS) is 11.2. The number of aromatic hydroxyl groups is 1. The van der Waals surface area contributed by atoms with Gasteiger partial charge in [-0.2, -0.15) is 5.11 Å². The number of nitrogens with zero attached hydrogens (tertiary/aromatic N) is 2. The summed E-state index contributed by atoms with van der Waals surface area (Å²) in [6.07, 6.45) is 0. The SMILES string of the molecule is Cc1cc(=O)oc2c(/N=N/c3cccc(C(=O)O)c3)c(O)ccc12. The summed E-state index contributed by atoms with van der Waals surface area (Å²) in [6.45, 7) is 1.74. The van der Waals surface area contributed by atoms with Gasteiger partial charge in [-0.25, -0.2) is 9.59 Å². The molecule has 0 bridgehead atoms. The molecule has 0 atom stereocenters. The number of carbonyl (C=O) groups is 1. The molecule has 1 aromatic heterocycles. The molecule has 0 spiro atoms. The van der Waals surface area contributed by atoms with Gasteiger partial charge in [-0.15, -0.1) is 5.11 Å². The Morgan fingerprint density at radius 1 is 1.12 bits per heavy atom. The Hall–Kier alpha value is -3.48. The lowest BCUT2D eigenvalue weighted by molar-refractivity contribution is 0.0697. The fraction of sp³-hybridized carbons (Fsp3) is 0.0588. The number of phenolic OH excluding ortho intramolecular Hbond substituents is 1. The van der Waals surface area contributed by atoms with Crippen LogP contribution in [0.15, 0.2) is 61.9 Å². The standard InChI is InChI=1S/C17H12N2O5/c1-9-7-14(21)24-16-12(9)5-6-13(20)15(16)19-18-11-4-2-3-10(8-11)17(22)23/h2-8,20H,1H3,(H,22,23)/b19-18+. The summed E-state index contributed by atoms with van der Waals surface area (Å²) >= 11 is 0. The van der Waals surface area contributed by atoms with E-state index in [4.69, 9.17) is 9.52 Å². The summed E-state index contributed by atoms with van der Waals surface area (Å²) in [5, 5.41) is 27.5. The van der Waals surface area contributed by atoms with Crippen LogP contribution in [0.1, 0.15) is 15.9 Å². The second kappa shape index (κ2) is 5.96. The zero-order valence-corrected chi connectivity index (χ0v) is 12.6. The van der Waals surface area contributed by atoms with Gasteiger partial charge >= 0.3 is 11.6 Å². The van der Waals surface area contributed by atoms with E-state index in [9.17, 15) is 14.7 Å². The maximum absolute atomic E-state index is 11.6. The van der Waals surface area contributed by atoms with Crippen LogP contribution in [0.3, 0.4) is 0 Å². The molecule has 0 aliphatic rings. The first kappa shape index (κ1) is 15.4. The lowest BCUT2D eigenvalue weighted by Crippen LogP contribution is -1.97. The number of hydrogen-bond donors (Lipinski definition) is 2. The Bertz CT molecular complexity index is 1040. The molecule has 0 radical (unpaired) electrons. The van der Waals surface area contributed by atoms with E-state index in [-0.39, 0.29) is 22.6 Å². The van der Waals surface area contributed by atoms with Crippen LogP contribution in [0.4, 0.5) is 11.4 Å². The van der Waals surface area contributed by atoms with Crippen LogP contribution < -0.4 is 5.63 Å². The van der Waals surface area contributed by atoms with Crippen LogP contribution in [-0.2, 0) is 0 Å². The van der Waals surface area contributed by atoms with E-state index in [1.54, 1.807) is 19.1 Å². The highest BCUT2D eigenvalue weighted by atomic mass is 16.4. The fourth-order valence-corrected chi connectivity index (χ4v) is 2.26. The third-order valence-electron chi connectivity index (χ3n) is 3.43. The van der Waals surface area contributed by atoms with E-state index in [2.05, 4.69) is 10.2 Å². The lowest BCUT2D eigenvalue weighted by Gasteiger charge is -2.04. The van der Waals surface area contributed by atoms with Crippen LogP contribution in [0.25, 0.3) is 11.0 Å². The smallest absolute Gasteiger partial charge is 0.336 e. The van der Waals surface area contributed by atoms with Gasteiger partial charge in [0.15, 0.2) is 11.3 Å². The number of carboxylic acid groups (broad SMARTS) is 1. The molecule has 0 saturated carbocycles. The maximum atomic E-state index is 11.6. The van der Waals surface area contributed by atoms with Crippen molar-refractivity contribution in [2.75, 3.05) is 0 Å². The quantitative estimate of drug-likeness (QED) is 0.560. The topological polar surface area (TPSA) is 112 Å². The molecule has 24 heavy (non-hydrogen) atoms. The summed E-state index contributed by atoms with van der Waals surface area (Å²) in [4.78, 5) is 22.5. The number of hydrogen-bond acceptors (Lipinski definition) is 6. The van der Waals surface area contributed by atoms with E-state index >= 15 is 0 Å². The largest absolute Gasteiger partial charge is 0.505 e. The summed E-state index contributed by atoms with van der Waals surface area (Å²) in [6, 6.07) is 10.3. The van der Waals surface area contributed by atoms with Crippen molar-refractivity contribution in [1.29, 1.82) is 0 Å². The minimum Gasteiger partial charge on any atom is -0.505 e. The van der Waals surface area contributed by atoms with Crippen molar-refractivity contribution >= 4 is 28.3 Å². The van der Waals surface area contributed by atoms with E-state index in [1.165, 1.54) is 30.3 Å². The molecule has 120 valence electrons. The van der Waals surface area contributed by atoms with Crippen LogP contribution in [0.2, 0.25) is 0 Å². The number of benzene rings is 2. The number of azo groups is 1. The monoisotopic (exact) mass is 324 g/mol. The number of rotatable bonds is 3. The predicted molar refractivity (Wildman–Crippen MR) is 86.5 cm³/mol. The zero-order valence-electron chi connectivity index (χ0n) is 12.6. The molecule has 0 saturated heterocycles. The highest BCUT2D eigenvalue weighted by molar-refractivity contribution is 5.92. The molecule has 1 heterocycles. The third-order valence-corrected chi connectivity index (χ3v) is 3.43. The Morgan fingerprint density at radius 3 is 2.67 bits per heavy atom. The molecular weight excluding hydrogens is 312 g/mol. The molecule has 0 aliphatic carbocycles. The Morgan fingerprint density at radius 2 is 1.92 bits per heavy atom. The van der Waals surface area contributed by atoms with Gasteiger partial charge in [-0.3, -0.25) is 0 Å². The predicted octanol–water partition coefficient (Wildman–Crippen LogP) is 3.92. The molecule has 3 rings (SSSR count). The van der Waals surface area contributed by atoms with E-state index < -0.39 is 11.6 Å². The van der Waals surface area contributed by atoms with Gasteiger partial charge in [0.25, 0.3) is 0 Å². The molecule has 2 aromatic carbocycles. The first-order chi connectivity index (χ1) is 11.5. The van der Waals surface area contributed by atoms with Crippen molar-refractivity contribution < 1.29 is 19.4 Å². The summed E-state index contributed by atoms with van der Waals surface area (Å²) in [5.41, 5.74) is 0.616. The van der Waals surface area contributed by atoms with Crippen molar-refractivity contribution in [2.45, 2.75) is 6.92 Å². The Balaban J connectivity index is 2.13. The van der Waals surface area contributed by atoms with Gasteiger partial charge in [0.05, 0.1) is 11.3 Å². The van der Waals surface area contributed by atoms with Crippen LogP contribution in [0, 0.1) is 6.92 Å².